The molecule has 1 aliphatic carbocycles. The van der Waals surface area contributed by atoms with Crippen molar-refractivity contribution in [1.29, 1.82) is 0 Å². The molecule has 0 bridgehead atoms. The Bertz CT molecular complexity index is 613. The standard InChI is InChI=1S/C18H24ClN3O2S/c1-13(18(24)20-15-4-5-15)21-8-10-22(11-9-21)17(23)12-25-16-6-2-14(19)3-7-16/h2-3,6-7,13,15H,4-5,8-12H2,1H3,(H,20,24). The largest absolute Gasteiger partial charge is 0.352 e. The molecule has 1 heterocycles. The first-order chi connectivity index (χ1) is 12.0. The van der Waals surface area contributed by atoms with E-state index < -0.39 is 0 Å². The Kier molecular flexibility index (Phi) is 6.25. The number of nitrogens with zero attached hydrogens (tertiary/aromatic N) is 2. The molecule has 1 aromatic carbocycles. The number of thioether (sulfide) groups is 1. The minimum absolute atomic E-state index is 0.112. The Morgan fingerprint density at radius 1 is 1.20 bits per heavy atom. The number of halogens is 1. The first-order valence-electron chi connectivity index (χ1n) is 8.73. The smallest absolute Gasteiger partial charge is 0.237 e. The number of amides is 2. The summed E-state index contributed by atoms with van der Waals surface area (Å²) in [6.07, 6.45) is 2.21. The molecule has 3 rings (SSSR count). The monoisotopic (exact) mass is 381 g/mol. The first kappa shape index (κ1) is 18.5. The lowest BCUT2D eigenvalue weighted by Gasteiger charge is -2.37. The van der Waals surface area contributed by atoms with Crippen LogP contribution < -0.4 is 5.32 Å². The molecule has 1 unspecified atom stereocenters. The van der Waals surface area contributed by atoms with Gasteiger partial charge in [-0.05, 0) is 44.0 Å². The van der Waals surface area contributed by atoms with Gasteiger partial charge in [0.05, 0.1) is 11.8 Å². The minimum atomic E-state index is -0.124. The van der Waals surface area contributed by atoms with Gasteiger partial charge in [0.1, 0.15) is 0 Å². The van der Waals surface area contributed by atoms with Crippen molar-refractivity contribution in [2.75, 3.05) is 31.9 Å². The first-order valence-corrected chi connectivity index (χ1v) is 10.1. The van der Waals surface area contributed by atoms with Crippen LogP contribution in [-0.4, -0.2) is 65.6 Å². The van der Waals surface area contributed by atoms with Crippen LogP contribution in [0.2, 0.25) is 5.02 Å². The minimum Gasteiger partial charge on any atom is -0.352 e. The zero-order valence-electron chi connectivity index (χ0n) is 14.4. The highest BCUT2D eigenvalue weighted by atomic mass is 35.5. The van der Waals surface area contributed by atoms with Crippen molar-refractivity contribution in [2.45, 2.75) is 36.7 Å². The second kappa shape index (κ2) is 8.43. The van der Waals surface area contributed by atoms with Crippen LogP contribution in [0.25, 0.3) is 0 Å². The molecule has 7 heteroatoms. The molecular formula is C18H24ClN3O2S. The molecule has 1 atom stereocenters. The van der Waals surface area contributed by atoms with Crippen molar-refractivity contribution in [3.05, 3.63) is 29.3 Å². The number of nitrogens with one attached hydrogen (secondary N) is 1. The quantitative estimate of drug-likeness (QED) is 0.768. The number of hydrogen-bond acceptors (Lipinski definition) is 4. The van der Waals surface area contributed by atoms with Gasteiger partial charge in [0.25, 0.3) is 0 Å². The van der Waals surface area contributed by atoms with E-state index in [0.29, 0.717) is 29.9 Å². The third kappa shape index (κ3) is 5.36. The fourth-order valence-corrected chi connectivity index (χ4v) is 3.77. The second-order valence-corrected chi connectivity index (χ2v) is 8.10. The van der Waals surface area contributed by atoms with Gasteiger partial charge >= 0.3 is 0 Å². The maximum atomic E-state index is 12.4. The average Bonchev–Trinajstić information content (AvgIpc) is 3.44. The summed E-state index contributed by atoms with van der Waals surface area (Å²) in [6, 6.07) is 7.79. The van der Waals surface area contributed by atoms with Crippen LogP contribution in [0.4, 0.5) is 0 Å². The SMILES string of the molecule is CC(C(=O)NC1CC1)N1CCN(C(=O)CSc2ccc(Cl)cc2)CC1. The third-order valence-electron chi connectivity index (χ3n) is 4.69. The summed E-state index contributed by atoms with van der Waals surface area (Å²) in [5.41, 5.74) is 0. The molecule has 2 fully saturated rings. The topological polar surface area (TPSA) is 52.7 Å². The molecule has 2 aliphatic rings. The molecular weight excluding hydrogens is 358 g/mol. The van der Waals surface area contributed by atoms with Crippen LogP contribution in [0.5, 0.6) is 0 Å². The molecule has 25 heavy (non-hydrogen) atoms. The molecule has 1 saturated heterocycles. The van der Waals surface area contributed by atoms with E-state index in [9.17, 15) is 9.59 Å². The third-order valence-corrected chi connectivity index (χ3v) is 5.94. The Morgan fingerprint density at radius 2 is 1.84 bits per heavy atom. The van der Waals surface area contributed by atoms with Gasteiger partial charge in [-0.15, -0.1) is 11.8 Å². The van der Waals surface area contributed by atoms with E-state index in [1.54, 1.807) is 0 Å². The predicted octanol–water partition coefficient (Wildman–Crippen LogP) is 2.24. The number of rotatable bonds is 6. The van der Waals surface area contributed by atoms with Gasteiger partial charge in [-0.25, -0.2) is 0 Å². The Hall–Kier alpha value is -1.24. The van der Waals surface area contributed by atoms with E-state index in [-0.39, 0.29) is 17.9 Å². The van der Waals surface area contributed by atoms with Crippen molar-refractivity contribution in [2.24, 2.45) is 0 Å². The van der Waals surface area contributed by atoms with E-state index in [2.05, 4.69) is 10.2 Å². The number of benzene rings is 1. The highest BCUT2D eigenvalue weighted by Crippen LogP contribution is 2.21. The Labute approximate surface area is 158 Å². The number of carbonyl (C=O) groups excluding carboxylic acids is 2. The highest BCUT2D eigenvalue weighted by Gasteiger charge is 2.30. The average molecular weight is 382 g/mol. The van der Waals surface area contributed by atoms with E-state index in [1.165, 1.54) is 11.8 Å². The summed E-state index contributed by atoms with van der Waals surface area (Å²) >= 11 is 7.40. The number of hydrogen-bond donors (Lipinski definition) is 1. The van der Waals surface area contributed by atoms with Crippen LogP contribution in [-0.2, 0) is 9.59 Å². The summed E-state index contributed by atoms with van der Waals surface area (Å²) in [6.45, 7) is 4.81. The lowest BCUT2D eigenvalue weighted by molar-refractivity contribution is -0.131. The molecule has 1 N–H and O–H groups in total. The molecule has 0 radical (unpaired) electrons. The number of piperazine rings is 1. The van der Waals surface area contributed by atoms with Crippen LogP contribution >= 0.6 is 23.4 Å². The fraction of sp³-hybridized carbons (Fsp3) is 0.556. The molecule has 1 aromatic rings. The van der Waals surface area contributed by atoms with E-state index in [1.807, 2.05) is 36.1 Å². The Morgan fingerprint density at radius 3 is 2.44 bits per heavy atom. The highest BCUT2D eigenvalue weighted by molar-refractivity contribution is 8.00. The summed E-state index contributed by atoms with van der Waals surface area (Å²) in [5.74, 6) is 0.689. The summed E-state index contributed by atoms with van der Waals surface area (Å²) in [7, 11) is 0. The molecule has 5 nitrogen and oxygen atoms in total. The van der Waals surface area contributed by atoms with Crippen molar-refractivity contribution in [1.82, 2.24) is 15.1 Å². The van der Waals surface area contributed by atoms with Gasteiger partial charge in [0.2, 0.25) is 11.8 Å². The lowest BCUT2D eigenvalue weighted by Crippen LogP contribution is -2.55. The summed E-state index contributed by atoms with van der Waals surface area (Å²) in [4.78, 5) is 29.6. The van der Waals surface area contributed by atoms with Gasteiger partial charge in [-0.2, -0.15) is 0 Å². The van der Waals surface area contributed by atoms with Crippen LogP contribution in [0.3, 0.4) is 0 Å². The molecule has 2 amide bonds. The van der Waals surface area contributed by atoms with Crippen molar-refractivity contribution >= 4 is 35.2 Å². The van der Waals surface area contributed by atoms with Crippen molar-refractivity contribution < 1.29 is 9.59 Å². The van der Waals surface area contributed by atoms with Gasteiger partial charge in [0.15, 0.2) is 0 Å². The van der Waals surface area contributed by atoms with Gasteiger partial charge in [-0.1, -0.05) is 11.6 Å². The fourth-order valence-electron chi connectivity index (χ4n) is 2.84. The maximum Gasteiger partial charge on any atom is 0.237 e. The van der Waals surface area contributed by atoms with E-state index >= 15 is 0 Å². The van der Waals surface area contributed by atoms with Gasteiger partial charge < -0.3 is 10.2 Å². The van der Waals surface area contributed by atoms with Crippen molar-refractivity contribution in [3.63, 3.8) is 0 Å². The second-order valence-electron chi connectivity index (χ2n) is 6.62. The zero-order chi connectivity index (χ0) is 17.8. The van der Waals surface area contributed by atoms with Gasteiger partial charge in [-0.3, -0.25) is 14.5 Å². The van der Waals surface area contributed by atoms with Crippen LogP contribution in [0.15, 0.2) is 29.2 Å². The zero-order valence-corrected chi connectivity index (χ0v) is 16.0. The number of carbonyl (C=O) groups is 2. The Balaban J connectivity index is 1.40. The summed E-state index contributed by atoms with van der Waals surface area (Å²) < 4.78 is 0. The van der Waals surface area contributed by atoms with Crippen LogP contribution in [0, 0.1) is 0 Å². The van der Waals surface area contributed by atoms with E-state index in [0.717, 1.165) is 30.8 Å². The lowest BCUT2D eigenvalue weighted by atomic mass is 10.2. The summed E-state index contributed by atoms with van der Waals surface area (Å²) in [5, 5.41) is 3.75. The molecule has 0 aromatic heterocycles. The van der Waals surface area contributed by atoms with Gasteiger partial charge in [0, 0.05) is 42.1 Å². The maximum absolute atomic E-state index is 12.4. The van der Waals surface area contributed by atoms with Crippen LogP contribution in [0.1, 0.15) is 19.8 Å². The van der Waals surface area contributed by atoms with E-state index in [4.69, 9.17) is 11.6 Å². The predicted molar refractivity (Wildman–Crippen MR) is 101 cm³/mol. The molecule has 0 spiro atoms. The van der Waals surface area contributed by atoms with Crippen molar-refractivity contribution in [3.8, 4) is 0 Å². The molecule has 1 aliphatic heterocycles. The normalized spacial score (nSPS) is 19.5. The molecule has 136 valence electrons. The molecule has 1 saturated carbocycles.